The zero-order chi connectivity index (χ0) is 17.6. The molecule has 5 nitrogen and oxygen atoms in total. The minimum atomic E-state index is 0.371. The summed E-state index contributed by atoms with van der Waals surface area (Å²) in [5.41, 5.74) is 2.11. The number of hydrogen-bond donors (Lipinski definition) is 1. The third kappa shape index (κ3) is 4.48. The zero-order valence-electron chi connectivity index (χ0n) is 14.6. The standard InChI is InChI=1S/C19H21N3O2S/c1-13-4-9-17(25-13)16-12-18(22-19(21-16)24-3)20-11-10-14-5-7-15(23-2)8-6-14/h4-9,12H,10-11H2,1-3H3,(H,20,21,22). The summed E-state index contributed by atoms with van der Waals surface area (Å²) in [4.78, 5) is 11.2. The van der Waals surface area contributed by atoms with Gasteiger partial charge in [-0.1, -0.05) is 12.1 Å². The molecule has 0 radical (unpaired) electrons. The number of anilines is 1. The molecule has 0 amide bonds. The van der Waals surface area contributed by atoms with Gasteiger partial charge in [0.05, 0.1) is 24.8 Å². The highest BCUT2D eigenvalue weighted by molar-refractivity contribution is 7.15. The summed E-state index contributed by atoms with van der Waals surface area (Å²) in [6.07, 6.45) is 0.893. The molecule has 6 heteroatoms. The van der Waals surface area contributed by atoms with Crippen molar-refractivity contribution in [1.82, 2.24) is 9.97 Å². The predicted octanol–water partition coefficient (Wildman–Crippen LogP) is 4.19. The van der Waals surface area contributed by atoms with Gasteiger partial charge in [0.25, 0.3) is 0 Å². The smallest absolute Gasteiger partial charge is 0.318 e. The topological polar surface area (TPSA) is 56.3 Å². The molecule has 130 valence electrons. The molecule has 0 spiro atoms. The number of thiophene rings is 1. The maximum Gasteiger partial charge on any atom is 0.318 e. The first-order valence-corrected chi connectivity index (χ1v) is 8.86. The number of methoxy groups -OCH3 is 2. The number of ether oxygens (including phenoxy) is 2. The van der Waals surface area contributed by atoms with Gasteiger partial charge in [-0.25, -0.2) is 0 Å². The van der Waals surface area contributed by atoms with E-state index in [0.717, 1.165) is 35.1 Å². The van der Waals surface area contributed by atoms with Gasteiger partial charge in [-0.15, -0.1) is 11.3 Å². The van der Waals surface area contributed by atoms with Crippen molar-refractivity contribution in [2.45, 2.75) is 13.3 Å². The van der Waals surface area contributed by atoms with Crippen LogP contribution in [0.3, 0.4) is 0 Å². The Morgan fingerprint density at radius 3 is 2.44 bits per heavy atom. The average molecular weight is 355 g/mol. The van der Waals surface area contributed by atoms with Crippen LogP contribution in [0.2, 0.25) is 0 Å². The fourth-order valence-corrected chi connectivity index (χ4v) is 3.26. The zero-order valence-corrected chi connectivity index (χ0v) is 15.4. The average Bonchev–Trinajstić information content (AvgIpc) is 3.08. The molecule has 0 aliphatic rings. The van der Waals surface area contributed by atoms with Gasteiger partial charge in [0.2, 0.25) is 0 Å². The summed E-state index contributed by atoms with van der Waals surface area (Å²) in [6, 6.07) is 14.6. The Labute approximate surface area is 151 Å². The summed E-state index contributed by atoms with van der Waals surface area (Å²) >= 11 is 1.71. The van der Waals surface area contributed by atoms with E-state index in [0.29, 0.717) is 6.01 Å². The molecule has 0 bridgehead atoms. The monoisotopic (exact) mass is 355 g/mol. The van der Waals surface area contributed by atoms with Crippen molar-refractivity contribution in [3.63, 3.8) is 0 Å². The number of rotatable bonds is 7. The second-order valence-electron chi connectivity index (χ2n) is 5.56. The molecular weight excluding hydrogens is 334 g/mol. The Morgan fingerprint density at radius 1 is 1.00 bits per heavy atom. The maximum absolute atomic E-state index is 5.24. The van der Waals surface area contributed by atoms with Crippen molar-refractivity contribution in [1.29, 1.82) is 0 Å². The Hall–Kier alpha value is -2.60. The number of nitrogens with zero attached hydrogens (tertiary/aromatic N) is 2. The molecule has 2 heterocycles. The fourth-order valence-electron chi connectivity index (χ4n) is 2.43. The predicted molar refractivity (Wildman–Crippen MR) is 102 cm³/mol. The van der Waals surface area contributed by atoms with Gasteiger partial charge in [-0.05, 0) is 43.2 Å². The van der Waals surface area contributed by atoms with Crippen LogP contribution in [0.25, 0.3) is 10.6 Å². The highest BCUT2D eigenvalue weighted by Crippen LogP contribution is 2.28. The molecule has 0 aliphatic heterocycles. The molecule has 0 aliphatic carbocycles. The summed E-state index contributed by atoms with van der Waals surface area (Å²) in [5.74, 6) is 1.63. The summed E-state index contributed by atoms with van der Waals surface area (Å²) in [5, 5.41) is 3.36. The van der Waals surface area contributed by atoms with Crippen molar-refractivity contribution in [3.8, 4) is 22.3 Å². The van der Waals surface area contributed by atoms with Crippen molar-refractivity contribution in [3.05, 3.63) is 52.9 Å². The lowest BCUT2D eigenvalue weighted by molar-refractivity contribution is 0.381. The quantitative estimate of drug-likeness (QED) is 0.689. The normalized spacial score (nSPS) is 10.5. The van der Waals surface area contributed by atoms with Crippen LogP contribution < -0.4 is 14.8 Å². The van der Waals surface area contributed by atoms with Crippen LogP contribution in [0, 0.1) is 6.92 Å². The van der Waals surface area contributed by atoms with E-state index < -0.39 is 0 Å². The third-order valence-corrected chi connectivity index (χ3v) is 4.78. The van der Waals surface area contributed by atoms with E-state index >= 15 is 0 Å². The highest BCUT2D eigenvalue weighted by atomic mass is 32.1. The third-order valence-electron chi connectivity index (χ3n) is 3.76. The number of aromatic nitrogens is 2. The lowest BCUT2D eigenvalue weighted by Crippen LogP contribution is -2.07. The Bertz CT molecular complexity index is 831. The van der Waals surface area contributed by atoms with Gasteiger partial charge >= 0.3 is 6.01 Å². The van der Waals surface area contributed by atoms with Gasteiger partial charge in [0, 0.05) is 17.5 Å². The number of hydrogen-bond acceptors (Lipinski definition) is 6. The maximum atomic E-state index is 5.24. The summed E-state index contributed by atoms with van der Waals surface area (Å²) < 4.78 is 10.4. The lowest BCUT2D eigenvalue weighted by Gasteiger charge is -2.09. The molecule has 2 aromatic heterocycles. The summed E-state index contributed by atoms with van der Waals surface area (Å²) in [6.45, 7) is 2.86. The molecule has 1 aromatic carbocycles. The van der Waals surface area contributed by atoms with Gasteiger partial charge in [-0.3, -0.25) is 0 Å². The molecule has 3 aromatic rings. The van der Waals surface area contributed by atoms with E-state index in [9.17, 15) is 0 Å². The molecule has 0 fully saturated rings. The number of aryl methyl sites for hydroxylation is 1. The second kappa shape index (κ2) is 7.98. The van der Waals surface area contributed by atoms with Crippen molar-refractivity contribution >= 4 is 17.2 Å². The number of benzene rings is 1. The fraction of sp³-hybridized carbons (Fsp3) is 0.263. The van der Waals surface area contributed by atoms with Crippen LogP contribution in [0.1, 0.15) is 10.4 Å². The molecular formula is C19H21N3O2S. The van der Waals surface area contributed by atoms with E-state index in [2.05, 4.69) is 46.5 Å². The first-order valence-electron chi connectivity index (χ1n) is 8.04. The van der Waals surface area contributed by atoms with Crippen LogP contribution in [0.15, 0.2) is 42.5 Å². The minimum Gasteiger partial charge on any atom is -0.497 e. The molecule has 1 N–H and O–H groups in total. The van der Waals surface area contributed by atoms with Crippen LogP contribution in [-0.4, -0.2) is 30.7 Å². The van der Waals surface area contributed by atoms with Crippen LogP contribution in [-0.2, 0) is 6.42 Å². The van der Waals surface area contributed by atoms with Crippen molar-refractivity contribution in [2.24, 2.45) is 0 Å². The van der Waals surface area contributed by atoms with Crippen molar-refractivity contribution < 1.29 is 9.47 Å². The molecule has 0 saturated carbocycles. The van der Waals surface area contributed by atoms with Gasteiger partial charge in [0.1, 0.15) is 11.6 Å². The first-order chi connectivity index (χ1) is 12.2. The van der Waals surface area contributed by atoms with E-state index in [4.69, 9.17) is 9.47 Å². The summed E-state index contributed by atoms with van der Waals surface area (Å²) in [7, 11) is 3.26. The Kier molecular flexibility index (Phi) is 5.50. The van der Waals surface area contributed by atoms with Gasteiger partial charge in [0.15, 0.2) is 0 Å². The van der Waals surface area contributed by atoms with E-state index in [-0.39, 0.29) is 0 Å². The Morgan fingerprint density at radius 2 is 1.80 bits per heavy atom. The molecule has 0 atom stereocenters. The molecule has 25 heavy (non-hydrogen) atoms. The largest absolute Gasteiger partial charge is 0.497 e. The van der Waals surface area contributed by atoms with E-state index in [1.54, 1.807) is 25.6 Å². The van der Waals surface area contributed by atoms with Gasteiger partial charge in [-0.2, -0.15) is 9.97 Å². The lowest BCUT2D eigenvalue weighted by atomic mass is 10.1. The molecule has 0 saturated heterocycles. The SMILES string of the molecule is COc1ccc(CCNc2cc(-c3ccc(C)s3)nc(OC)n2)cc1. The Balaban J connectivity index is 1.68. The van der Waals surface area contributed by atoms with Crippen molar-refractivity contribution in [2.75, 3.05) is 26.1 Å². The van der Waals surface area contributed by atoms with Crippen LogP contribution in [0.5, 0.6) is 11.8 Å². The molecule has 0 unspecified atom stereocenters. The first kappa shape index (κ1) is 17.2. The van der Waals surface area contributed by atoms with Gasteiger partial charge < -0.3 is 14.8 Å². The second-order valence-corrected chi connectivity index (χ2v) is 6.85. The van der Waals surface area contributed by atoms with E-state index in [1.807, 2.05) is 18.2 Å². The van der Waals surface area contributed by atoms with Crippen LogP contribution >= 0.6 is 11.3 Å². The van der Waals surface area contributed by atoms with E-state index in [1.165, 1.54) is 10.4 Å². The highest BCUT2D eigenvalue weighted by Gasteiger charge is 2.09. The molecule has 3 rings (SSSR count). The van der Waals surface area contributed by atoms with Crippen LogP contribution in [0.4, 0.5) is 5.82 Å². The number of nitrogens with one attached hydrogen (secondary N) is 1. The minimum absolute atomic E-state index is 0.371.